The van der Waals surface area contributed by atoms with E-state index in [1.54, 1.807) is 0 Å². The van der Waals surface area contributed by atoms with Gasteiger partial charge in [0.05, 0.1) is 6.26 Å². The van der Waals surface area contributed by atoms with Crippen molar-refractivity contribution in [1.82, 2.24) is 19.2 Å². The van der Waals surface area contributed by atoms with Gasteiger partial charge in [0, 0.05) is 30.9 Å². The zero-order chi connectivity index (χ0) is 16.8. The van der Waals surface area contributed by atoms with Crippen LogP contribution in [-0.4, -0.2) is 53.6 Å². The predicted molar refractivity (Wildman–Crippen MR) is 86.9 cm³/mol. The molecule has 1 N–H and O–H groups in total. The SMILES string of the molecule is Cc1nc(C(=O)NC2CC2)c(C)n1C1CCN(S(C)(=O)=O)CC1. The number of amides is 1. The van der Waals surface area contributed by atoms with Gasteiger partial charge >= 0.3 is 0 Å². The lowest BCUT2D eigenvalue weighted by atomic mass is 10.1. The smallest absolute Gasteiger partial charge is 0.271 e. The first-order chi connectivity index (χ1) is 10.8. The number of nitrogens with one attached hydrogen (secondary N) is 1. The summed E-state index contributed by atoms with van der Waals surface area (Å²) < 4.78 is 26.9. The summed E-state index contributed by atoms with van der Waals surface area (Å²) in [6.07, 6.45) is 4.84. The van der Waals surface area contributed by atoms with Gasteiger partial charge in [-0.1, -0.05) is 0 Å². The number of aryl methyl sites for hydroxylation is 1. The molecule has 1 saturated heterocycles. The average Bonchev–Trinajstić information content (AvgIpc) is 3.23. The number of carbonyl (C=O) groups excluding carboxylic acids is 1. The first kappa shape index (κ1) is 16.4. The Balaban J connectivity index is 1.76. The molecule has 2 fully saturated rings. The quantitative estimate of drug-likeness (QED) is 0.886. The van der Waals surface area contributed by atoms with E-state index in [-0.39, 0.29) is 11.9 Å². The normalized spacial score (nSPS) is 20.7. The van der Waals surface area contributed by atoms with Crippen molar-refractivity contribution in [1.29, 1.82) is 0 Å². The van der Waals surface area contributed by atoms with Crippen LogP contribution in [0.4, 0.5) is 0 Å². The molecule has 0 bridgehead atoms. The van der Waals surface area contributed by atoms with Crippen molar-refractivity contribution in [2.75, 3.05) is 19.3 Å². The monoisotopic (exact) mass is 340 g/mol. The number of piperidine rings is 1. The summed E-state index contributed by atoms with van der Waals surface area (Å²) in [5.74, 6) is 0.724. The van der Waals surface area contributed by atoms with Crippen molar-refractivity contribution < 1.29 is 13.2 Å². The van der Waals surface area contributed by atoms with Gasteiger partial charge in [-0.05, 0) is 39.5 Å². The molecule has 0 spiro atoms. The standard InChI is InChI=1S/C15H24N4O3S/c1-10-14(15(20)17-12-4-5-12)16-11(2)19(10)13-6-8-18(9-7-13)23(3,21)22/h12-13H,4-9H2,1-3H3,(H,17,20). The fourth-order valence-electron chi connectivity index (χ4n) is 3.32. The molecule has 1 amide bonds. The number of hydrogen-bond acceptors (Lipinski definition) is 4. The molecule has 1 aromatic rings. The molecule has 7 nitrogen and oxygen atoms in total. The van der Waals surface area contributed by atoms with Crippen molar-refractivity contribution in [3.8, 4) is 0 Å². The van der Waals surface area contributed by atoms with Gasteiger partial charge in [0.15, 0.2) is 0 Å². The Kier molecular flexibility index (Phi) is 4.22. The van der Waals surface area contributed by atoms with Crippen molar-refractivity contribution in [3.63, 3.8) is 0 Å². The molecular formula is C15H24N4O3S. The molecule has 3 rings (SSSR count). The Morgan fingerprint density at radius 1 is 1.17 bits per heavy atom. The number of sulfonamides is 1. The fraction of sp³-hybridized carbons (Fsp3) is 0.733. The van der Waals surface area contributed by atoms with Gasteiger partial charge in [0.1, 0.15) is 11.5 Å². The van der Waals surface area contributed by atoms with Crippen molar-refractivity contribution in [2.24, 2.45) is 0 Å². The zero-order valence-corrected chi connectivity index (χ0v) is 14.7. The number of rotatable bonds is 4. The lowest BCUT2D eigenvalue weighted by Gasteiger charge is -2.32. The van der Waals surface area contributed by atoms with Crippen LogP contribution in [0.1, 0.15) is 53.7 Å². The third-order valence-electron chi connectivity index (χ3n) is 4.71. The molecule has 1 aliphatic carbocycles. The summed E-state index contributed by atoms with van der Waals surface area (Å²) in [4.78, 5) is 16.7. The maximum absolute atomic E-state index is 12.3. The maximum atomic E-state index is 12.3. The van der Waals surface area contributed by atoms with E-state index < -0.39 is 10.0 Å². The van der Waals surface area contributed by atoms with E-state index in [2.05, 4.69) is 14.9 Å². The summed E-state index contributed by atoms with van der Waals surface area (Å²) in [5.41, 5.74) is 1.37. The third kappa shape index (κ3) is 3.42. The van der Waals surface area contributed by atoms with Gasteiger partial charge in [0.2, 0.25) is 10.0 Å². The van der Waals surface area contributed by atoms with Crippen LogP contribution in [0.5, 0.6) is 0 Å². The fourth-order valence-corrected chi connectivity index (χ4v) is 4.19. The molecule has 0 radical (unpaired) electrons. The Bertz CT molecular complexity index is 713. The van der Waals surface area contributed by atoms with Crippen molar-refractivity contribution in [2.45, 2.75) is 51.6 Å². The van der Waals surface area contributed by atoms with Crippen molar-refractivity contribution >= 4 is 15.9 Å². The highest BCUT2D eigenvalue weighted by Gasteiger charge is 2.30. The van der Waals surface area contributed by atoms with Crippen LogP contribution >= 0.6 is 0 Å². The van der Waals surface area contributed by atoms with Crippen LogP contribution < -0.4 is 5.32 Å². The van der Waals surface area contributed by atoms with E-state index in [4.69, 9.17) is 0 Å². The second-order valence-electron chi connectivity index (χ2n) is 6.60. The van der Waals surface area contributed by atoms with Crippen LogP contribution in [-0.2, 0) is 10.0 Å². The Labute approximate surface area is 137 Å². The van der Waals surface area contributed by atoms with Crippen LogP contribution in [0.25, 0.3) is 0 Å². The summed E-state index contributed by atoms with van der Waals surface area (Å²) in [7, 11) is -3.12. The topological polar surface area (TPSA) is 84.3 Å². The molecule has 128 valence electrons. The summed E-state index contributed by atoms with van der Waals surface area (Å²) in [6, 6.07) is 0.508. The zero-order valence-electron chi connectivity index (χ0n) is 13.9. The molecule has 2 heterocycles. The lowest BCUT2D eigenvalue weighted by Crippen LogP contribution is -2.38. The molecule has 1 saturated carbocycles. The predicted octanol–water partition coefficient (Wildman–Crippen LogP) is 0.989. The number of aromatic nitrogens is 2. The van der Waals surface area contributed by atoms with Crippen LogP contribution in [0.3, 0.4) is 0 Å². The highest BCUT2D eigenvalue weighted by atomic mass is 32.2. The van der Waals surface area contributed by atoms with Crippen LogP contribution in [0, 0.1) is 13.8 Å². The molecule has 2 aliphatic rings. The Hall–Kier alpha value is -1.41. The van der Waals surface area contributed by atoms with E-state index in [0.717, 1.165) is 37.2 Å². The Morgan fingerprint density at radius 3 is 2.30 bits per heavy atom. The summed E-state index contributed by atoms with van der Waals surface area (Å²) in [5, 5.41) is 2.98. The second kappa shape index (κ2) is 5.90. The minimum absolute atomic E-state index is 0.0968. The average molecular weight is 340 g/mol. The molecular weight excluding hydrogens is 316 g/mol. The number of imidazole rings is 1. The molecule has 1 aromatic heterocycles. The molecule has 23 heavy (non-hydrogen) atoms. The first-order valence-electron chi connectivity index (χ1n) is 8.09. The van der Waals surface area contributed by atoms with Gasteiger partial charge < -0.3 is 9.88 Å². The van der Waals surface area contributed by atoms with Gasteiger partial charge in [-0.2, -0.15) is 0 Å². The lowest BCUT2D eigenvalue weighted by molar-refractivity contribution is 0.0945. The summed E-state index contributed by atoms with van der Waals surface area (Å²) >= 11 is 0. The molecule has 0 unspecified atom stereocenters. The minimum atomic E-state index is -3.12. The van der Waals surface area contributed by atoms with E-state index in [1.165, 1.54) is 10.6 Å². The molecule has 8 heteroatoms. The minimum Gasteiger partial charge on any atom is -0.348 e. The molecule has 0 atom stereocenters. The van der Waals surface area contributed by atoms with Crippen LogP contribution in [0.15, 0.2) is 0 Å². The number of hydrogen-bond donors (Lipinski definition) is 1. The maximum Gasteiger partial charge on any atom is 0.271 e. The van der Waals surface area contributed by atoms with E-state index in [0.29, 0.717) is 24.8 Å². The van der Waals surface area contributed by atoms with E-state index >= 15 is 0 Å². The van der Waals surface area contributed by atoms with Crippen molar-refractivity contribution in [3.05, 3.63) is 17.2 Å². The van der Waals surface area contributed by atoms with Gasteiger partial charge in [-0.15, -0.1) is 0 Å². The summed E-state index contributed by atoms with van der Waals surface area (Å²) in [6.45, 7) is 4.86. The molecule has 1 aliphatic heterocycles. The highest BCUT2D eigenvalue weighted by Crippen LogP contribution is 2.28. The van der Waals surface area contributed by atoms with E-state index in [9.17, 15) is 13.2 Å². The highest BCUT2D eigenvalue weighted by molar-refractivity contribution is 7.88. The van der Waals surface area contributed by atoms with Gasteiger partial charge in [-0.25, -0.2) is 17.7 Å². The third-order valence-corrected chi connectivity index (χ3v) is 6.01. The van der Waals surface area contributed by atoms with E-state index in [1.807, 2.05) is 13.8 Å². The van der Waals surface area contributed by atoms with Crippen LogP contribution in [0.2, 0.25) is 0 Å². The second-order valence-corrected chi connectivity index (χ2v) is 8.59. The van der Waals surface area contributed by atoms with Gasteiger partial charge in [-0.3, -0.25) is 4.79 Å². The number of nitrogens with zero attached hydrogens (tertiary/aromatic N) is 3. The molecule has 0 aromatic carbocycles. The largest absolute Gasteiger partial charge is 0.348 e. The van der Waals surface area contributed by atoms with Gasteiger partial charge in [0.25, 0.3) is 5.91 Å². The Morgan fingerprint density at radius 2 is 1.78 bits per heavy atom. The first-order valence-corrected chi connectivity index (χ1v) is 9.93. The number of carbonyl (C=O) groups is 1.